The zero-order chi connectivity index (χ0) is 40.6. The first-order chi connectivity index (χ1) is 24.9. The van der Waals surface area contributed by atoms with E-state index in [1.54, 1.807) is 43.3 Å². The van der Waals surface area contributed by atoms with E-state index in [0.29, 0.717) is 11.3 Å². The van der Waals surface area contributed by atoms with Crippen LogP contribution in [-0.4, -0.2) is 38.6 Å². The second-order valence-electron chi connectivity index (χ2n) is 11.2. The van der Waals surface area contributed by atoms with Gasteiger partial charge in [-0.1, -0.05) is 59.7 Å². The van der Waals surface area contributed by atoms with Crippen molar-refractivity contribution in [3.63, 3.8) is 0 Å². The van der Waals surface area contributed by atoms with E-state index in [1.807, 2.05) is 6.92 Å². The summed E-state index contributed by atoms with van der Waals surface area (Å²) < 4.78 is 120. The number of nitrogens with one attached hydrogen (secondary N) is 1. The van der Waals surface area contributed by atoms with Gasteiger partial charge in [0.05, 0.1) is 21.2 Å². The maximum atomic E-state index is 13.1. The van der Waals surface area contributed by atoms with Gasteiger partial charge in [0.1, 0.15) is 0 Å². The Labute approximate surface area is 346 Å². The third kappa shape index (κ3) is 14.7. The van der Waals surface area contributed by atoms with Crippen LogP contribution < -0.4 is 56.2 Å². The van der Waals surface area contributed by atoms with Gasteiger partial charge >= 0.3 is 41.9 Å². The summed E-state index contributed by atoms with van der Waals surface area (Å²) in [5.41, 5.74) is 4.93. The fourth-order valence-electron chi connectivity index (χ4n) is 4.17. The Hall–Kier alpha value is -4.25. The van der Waals surface area contributed by atoms with E-state index in [-0.39, 0.29) is 74.8 Å². The molecule has 0 aliphatic rings. The number of aromatic nitrogens is 2. The molecule has 12 nitrogen and oxygen atoms in total. The topological polar surface area (TPSA) is 216 Å². The largest absolute Gasteiger partial charge is 1.00 e. The average Bonchev–Trinajstić information content (AvgIpc) is 3.55. The number of hydrazine groups is 1. The number of allylic oxidation sites excluding steroid dienone is 2. The molecule has 56 heavy (non-hydrogen) atoms. The Morgan fingerprint density at radius 3 is 1.57 bits per heavy atom. The molecule has 0 atom stereocenters. The summed E-state index contributed by atoms with van der Waals surface area (Å²) in [7, 11) is -7.49. The molecule has 0 saturated heterocycles. The maximum Gasteiger partial charge on any atom is 1.00 e. The van der Waals surface area contributed by atoms with Crippen molar-refractivity contribution in [2.24, 2.45) is 16.1 Å². The summed E-state index contributed by atoms with van der Waals surface area (Å²) in [5.74, 6) is 2.00. The Kier molecular flexibility index (Phi) is 18.0. The average molecular weight is 857 g/mol. The summed E-state index contributed by atoms with van der Waals surface area (Å²) in [6.45, 7) is 3.65. The molecule has 0 aliphatic carbocycles. The molecule has 0 unspecified atom stereocenters. The minimum Gasteiger partial charge on any atom is -0.869 e. The SMILES string of the molecule is Cc1ccc(-c2cc(C(F)(F)F)nn2-c2ccc(S(N)(=O)=O)cc2)cc1.Cc1ccc(C(=O)/C=C(\[O-])C(F)(F)F)cc1.Cl.NNc1ccc(S(N)(=O)=O)cc1.[Na+]. The molecule has 1 heterocycles. The van der Waals surface area contributed by atoms with Crippen molar-refractivity contribution in [3.05, 3.63) is 137 Å². The third-order valence-electron chi connectivity index (χ3n) is 6.98. The van der Waals surface area contributed by atoms with E-state index in [1.165, 1.54) is 60.7 Å². The number of rotatable bonds is 7. The predicted molar refractivity (Wildman–Crippen MR) is 193 cm³/mol. The molecule has 5 aromatic rings. The van der Waals surface area contributed by atoms with Crippen LogP contribution in [0.25, 0.3) is 16.9 Å². The first kappa shape index (κ1) is 49.8. The van der Waals surface area contributed by atoms with Gasteiger partial charge in [-0.25, -0.2) is 31.8 Å². The number of primary sulfonamides is 2. The van der Waals surface area contributed by atoms with E-state index >= 15 is 0 Å². The van der Waals surface area contributed by atoms with Crippen molar-refractivity contribution in [1.29, 1.82) is 0 Å². The van der Waals surface area contributed by atoms with E-state index in [0.717, 1.165) is 21.9 Å². The normalized spacial score (nSPS) is 11.7. The Morgan fingerprint density at radius 1 is 0.750 bits per heavy atom. The second-order valence-corrected chi connectivity index (χ2v) is 14.3. The van der Waals surface area contributed by atoms with E-state index in [2.05, 4.69) is 10.5 Å². The molecule has 296 valence electrons. The summed E-state index contributed by atoms with van der Waals surface area (Å²) in [4.78, 5) is 11.2. The number of anilines is 1. The van der Waals surface area contributed by atoms with Crippen molar-refractivity contribution in [2.75, 3.05) is 5.43 Å². The number of sulfonamides is 2. The fourth-order valence-corrected chi connectivity index (χ4v) is 5.20. The molecule has 0 saturated carbocycles. The number of nitrogens with two attached hydrogens (primary N) is 3. The predicted octanol–water partition coefficient (Wildman–Crippen LogP) is 2.54. The standard InChI is InChI=1S/C17H14F3N3O2S.C11H9F3O2.C6H9N3O2S.ClH.Na/c1-11-2-4-12(5-3-11)15-10-16(17(18,19)20)22-23(15)13-6-8-14(9-7-13)26(21,24)25;1-7-2-4-8(5-3-7)9(15)6-10(16)11(12,13)14;7-9-5-1-3-6(4-2-5)12(8,10)11;;/h2-10H,1H3,(H2,21,24,25);2-6,16H,1H3;1-4,9H,7H2,(H2,8,10,11);1H;/q;;;;+1/p-1/b;10-6-;;;. The first-order valence-electron chi connectivity index (χ1n) is 14.9. The second kappa shape index (κ2) is 20.3. The number of nitrogen functional groups attached to an aromatic ring is 1. The molecule has 0 spiro atoms. The number of carbonyl (C=O) groups excluding carboxylic acids is 1. The Balaban J connectivity index is 0.000000450. The zero-order valence-electron chi connectivity index (χ0n) is 29.5. The van der Waals surface area contributed by atoms with Gasteiger partial charge in [-0.15, -0.1) is 12.4 Å². The Bertz CT molecular complexity index is 2320. The smallest absolute Gasteiger partial charge is 0.869 e. The summed E-state index contributed by atoms with van der Waals surface area (Å²) in [5, 5.41) is 24.1. The number of nitrogens with zero attached hydrogens (tertiary/aromatic N) is 2. The van der Waals surface area contributed by atoms with Crippen LogP contribution in [0.5, 0.6) is 0 Å². The quantitative estimate of drug-likeness (QED) is 0.0360. The molecule has 0 amide bonds. The van der Waals surface area contributed by atoms with Crippen LogP contribution in [0, 0.1) is 13.8 Å². The van der Waals surface area contributed by atoms with E-state index < -0.39 is 49.6 Å². The van der Waals surface area contributed by atoms with Crippen molar-refractivity contribution in [3.8, 4) is 16.9 Å². The van der Waals surface area contributed by atoms with Crippen molar-refractivity contribution in [1.82, 2.24) is 9.78 Å². The molecule has 1 aromatic heterocycles. The van der Waals surface area contributed by atoms with Gasteiger partial charge in [0, 0.05) is 16.8 Å². The molecule has 4 aromatic carbocycles. The van der Waals surface area contributed by atoms with Gasteiger partial charge in [0.25, 0.3) is 0 Å². The summed E-state index contributed by atoms with van der Waals surface area (Å²) >= 11 is 0. The number of carbonyl (C=O) groups is 1. The van der Waals surface area contributed by atoms with Crippen LogP contribution in [0.3, 0.4) is 0 Å². The summed E-state index contributed by atoms with van der Waals surface area (Å²) in [6, 6.07) is 24.8. The van der Waals surface area contributed by atoms with Crippen molar-refractivity contribution in [2.45, 2.75) is 36.0 Å². The van der Waals surface area contributed by atoms with Crippen LogP contribution >= 0.6 is 12.4 Å². The van der Waals surface area contributed by atoms with Crippen LogP contribution in [0.15, 0.2) is 125 Å². The van der Waals surface area contributed by atoms with Crippen LogP contribution in [0.4, 0.5) is 32.0 Å². The van der Waals surface area contributed by atoms with Gasteiger partial charge in [0.2, 0.25) is 20.0 Å². The molecule has 5 rings (SSSR count). The Morgan fingerprint density at radius 2 is 1.18 bits per heavy atom. The molecule has 0 radical (unpaired) electrons. The molecule has 0 bridgehead atoms. The number of hydrogen-bond acceptors (Lipinski definition) is 9. The van der Waals surface area contributed by atoms with Gasteiger partial charge in [-0.05, 0) is 80.3 Å². The van der Waals surface area contributed by atoms with Crippen LogP contribution in [-0.2, 0) is 26.2 Å². The van der Waals surface area contributed by atoms with E-state index in [4.69, 9.17) is 16.1 Å². The monoisotopic (exact) mass is 856 g/mol. The minimum atomic E-state index is -5.00. The molecule has 7 N–H and O–H groups in total. The molecular formula is C34H32ClF6N6NaO6S2. The number of halogens is 7. The van der Waals surface area contributed by atoms with Crippen LogP contribution in [0.2, 0.25) is 0 Å². The molecule has 22 heteroatoms. The third-order valence-corrected chi connectivity index (χ3v) is 8.84. The van der Waals surface area contributed by atoms with E-state index in [9.17, 15) is 53.1 Å². The fraction of sp³-hybridized carbons (Fsp3) is 0.118. The van der Waals surface area contributed by atoms with Crippen molar-refractivity contribution >= 4 is 43.9 Å². The van der Waals surface area contributed by atoms with Gasteiger partial charge < -0.3 is 10.5 Å². The molecule has 0 fully saturated rings. The first-order valence-corrected chi connectivity index (χ1v) is 18.0. The maximum absolute atomic E-state index is 13.1. The zero-order valence-corrected chi connectivity index (χ0v) is 33.9. The number of hydrogen-bond donors (Lipinski definition) is 4. The number of aryl methyl sites for hydroxylation is 2. The van der Waals surface area contributed by atoms with Gasteiger partial charge in [0.15, 0.2) is 11.5 Å². The van der Waals surface area contributed by atoms with Gasteiger partial charge in [-0.3, -0.25) is 10.6 Å². The van der Waals surface area contributed by atoms with Crippen molar-refractivity contribution < 1.29 is 82.6 Å². The van der Waals surface area contributed by atoms with Gasteiger partial charge in [-0.2, -0.15) is 31.4 Å². The van der Waals surface area contributed by atoms with Crippen LogP contribution in [0.1, 0.15) is 27.2 Å². The number of benzene rings is 4. The number of ketones is 1. The number of alkyl halides is 6. The molecular weight excluding hydrogens is 825 g/mol. The minimum absolute atomic E-state index is 0. The summed E-state index contributed by atoms with van der Waals surface area (Å²) in [6.07, 6.45) is -9.55. The molecule has 0 aliphatic heterocycles.